The van der Waals surface area contributed by atoms with Gasteiger partial charge in [0.2, 0.25) is 0 Å². The van der Waals surface area contributed by atoms with Gasteiger partial charge in [0.1, 0.15) is 11.6 Å². The average Bonchev–Trinajstić information content (AvgIpc) is 2.67. The lowest BCUT2D eigenvalue weighted by Crippen LogP contribution is -2.19. The minimum absolute atomic E-state index is 0.0770. The molecular weight excluding hydrogens is 369 g/mol. The summed E-state index contributed by atoms with van der Waals surface area (Å²) in [5.74, 6) is -0.0952. The molecule has 2 aromatic rings. The maximum atomic E-state index is 14.8. The van der Waals surface area contributed by atoms with E-state index in [4.69, 9.17) is 15.2 Å². The summed E-state index contributed by atoms with van der Waals surface area (Å²) in [5, 5.41) is 0. The quantitative estimate of drug-likeness (QED) is 0.330. The molecule has 0 aliphatic rings. The number of hydrogen-bond acceptors (Lipinski definition) is 4. The van der Waals surface area contributed by atoms with Crippen LogP contribution in [0.3, 0.4) is 0 Å². The molecule has 0 aliphatic carbocycles. The number of halogens is 1. The molecule has 5 heteroatoms. The van der Waals surface area contributed by atoms with E-state index in [1.54, 1.807) is 26.0 Å². The molecule has 0 aromatic heterocycles. The first kappa shape index (κ1) is 22.6. The van der Waals surface area contributed by atoms with Crippen LogP contribution in [0.5, 0.6) is 5.75 Å². The molecule has 0 fully saturated rings. The first-order chi connectivity index (χ1) is 13.9. The first-order valence-electron chi connectivity index (χ1n) is 9.93. The lowest BCUT2D eigenvalue weighted by molar-refractivity contribution is -0.143. The molecule has 2 N–H and O–H groups in total. The summed E-state index contributed by atoms with van der Waals surface area (Å²) in [4.78, 5) is 11.8. The monoisotopic (exact) mass is 399 g/mol. The van der Waals surface area contributed by atoms with Crippen LogP contribution in [0.15, 0.2) is 43.0 Å². The molecule has 29 heavy (non-hydrogen) atoms. The summed E-state index contributed by atoms with van der Waals surface area (Å²) in [6.07, 6.45) is 3.53. The number of benzene rings is 2. The molecule has 0 bridgehead atoms. The van der Waals surface area contributed by atoms with Gasteiger partial charge in [-0.2, -0.15) is 0 Å². The molecule has 1 atom stereocenters. The highest BCUT2D eigenvalue weighted by molar-refractivity contribution is 5.76. The van der Waals surface area contributed by atoms with Crippen molar-refractivity contribution in [3.63, 3.8) is 0 Å². The highest BCUT2D eigenvalue weighted by atomic mass is 19.1. The Morgan fingerprint density at radius 2 is 2.03 bits per heavy atom. The van der Waals surface area contributed by atoms with Gasteiger partial charge in [-0.15, -0.1) is 6.58 Å². The highest BCUT2D eigenvalue weighted by Gasteiger charge is 2.20. The first-order valence-corrected chi connectivity index (χ1v) is 9.93. The number of aryl methyl sites for hydroxylation is 2. The van der Waals surface area contributed by atoms with Crippen LogP contribution in [-0.2, 0) is 9.53 Å². The molecule has 2 rings (SSSR count). The number of nitrogens with two attached hydrogens (primary N) is 1. The van der Waals surface area contributed by atoms with E-state index < -0.39 is 17.8 Å². The topological polar surface area (TPSA) is 61.5 Å². The Kier molecular flexibility index (Phi) is 8.40. The van der Waals surface area contributed by atoms with E-state index in [0.29, 0.717) is 17.7 Å². The lowest BCUT2D eigenvalue weighted by Gasteiger charge is -2.18. The summed E-state index contributed by atoms with van der Waals surface area (Å²) >= 11 is 0. The molecule has 156 valence electrons. The second kappa shape index (κ2) is 10.8. The van der Waals surface area contributed by atoms with Gasteiger partial charge in [0, 0.05) is 17.2 Å². The van der Waals surface area contributed by atoms with Crippen LogP contribution >= 0.6 is 0 Å². The van der Waals surface area contributed by atoms with E-state index in [0.717, 1.165) is 35.3 Å². The minimum atomic E-state index is -0.784. The van der Waals surface area contributed by atoms with Crippen molar-refractivity contribution in [1.82, 2.24) is 0 Å². The average molecular weight is 400 g/mol. The zero-order chi connectivity index (χ0) is 21.4. The highest BCUT2D eigenvalue weighted by Crippen LogP contribution is 2.36. The zero-order valence-electron chi connectivity index (χ0n) is 17.5. The van der Waals surface area contributed by atoms with Crippen LogP contribution in [-0.4, -0.2) is 19.2 Å². The van der Waals surface area contributed by atoms with Gasteiger partial charge in [-0.3, -0.25) is 4.79 Å². The van der Waals surface area contributed by atoms with Crippen LogP contribution < -0.4 is 10.5 Å². The maximum absolute atomic E-state index is 14.8. The second-order valence-corrected chi connectivity index (χ2v) is 7.04. The number of allylic oxidation sites excluding steroid dienone is 1. The van der Waals surface area contributed by atoms with Crippen LogP contribution in [0.1, 0.15) is 48.9 Å². The molecule has 0 aliphatic heterocycles. The van der Waals surface area contributed by atoms with Crippen molar-refractivity contribution in [2.45, 2.75) is 46.1 Å². The normalized spacial score (nSPS) is 11.8. The molecule has 2 aromatic carbocycles. The van der Waals surface area contributed by atoms with Crippen molar-refractivity contribution in [1.29, 1.82) is 0 Å². The summed E-state index contributed by atoms with van der Waals surface area (Å²) in [6.45, 7) is 9.97. The molecule has 0 radical (unpaired) electrons. The van der Waals surface area contributed by atoms with E-state index in [2.05, 4.69) is 6.58 Å². The maximum Gasteiger partial charge on any atom is 0.307 e. The Morgan fingerprint density at radius 1 is 1.28 bits per heavy atom. The van der Waals surface area contributed by atoms with Gasteiger partial charge >= 0.3 is 5.97 Å². The van der Waals surface area contributed by atoms with Gasteiger partial charge < -0.3 is 15.2 Å². The predicted molar refractivity (Wildman–Crippen MR) is 114 cm³/mol. The Balaban J connectivity index is 2.41. The van der Waals surface area contributed by atoms with Gasteiger partial charge in [-0.05, 0) is 68.5 Å². The van der Waals surface area contributed by atoms with Gasteiger partial charge in [0.15, 0.2) is 0 Å². The standard InChI is InChI=1S/C24H30FNO3/c1-5-7-8-12-29-21-11-9-10-16(3)23(21)18-13-17(4)24(25)19(14-18)20(26)15-22(27)28-6-2/h5,9-11,13-14,20H,1,6-8,12,15,26H2,2-4H3/t20-/m0/s1. The molecule has 4 nitrogen and oxygen atoms in total. The molecule has 0 saturated heterocycles. The van der Waals surface area contributed by atoms with Gasteiger partial charge in [-0.1, -0.05) is 18.2 Å². The summed E-state index contributed by atoms with van der Waals surface area (Å²) < 4.78 is 25.7. The van der Waals surface area contributed by atoms with Crippen molar-refractivity contribution in [3.8, 4) is 16.9 Å². The molecule has 0 unspecified atom stereocenters. The summed E-state index contributed by atoms with van der Waals surface area (Å²) in [6, 6.07) is 8.55. The second-order valence-electron chi connectivity index (χ2n) is 7.04. The van der Waals surface area contributed by atoms with Crippen molar-refractivity contribution >= 4 is 5.97 Å². The predicted octanol–water partition coefficient (Wildman–Crippen LogP) is 5.41. The van der Waals surface area contributed by atoms with Crippen molar-refractivity contribution in [2.24, 2.45) is 5.73 Å². The van der Waals surface area contributed by atoms with Crippen LogP contribution in [0.2, 0.25) is 0 Å². The Labute approximate surface area is 172 Å². The third kappa shape index (κ3) is 5.91. The number of carbonyl (C=O) groups is 1. The number of hydrogen-bond donors (Lipinski definition) is 1. The van der Waals surface area contributed by atoms with E-state index in [9.17, 15) is 9.18 Å². The van der Waals surface area contributed by atoms with Crippen LogP contribution in [0, 0.1) is 19.7 Å². The number of ether oxygens (including phenoxy) is 2. The van der Waals surface area contributed by atoms with E-state index >= 15 is 0 Å². The third-order valence-corrected chi connectivity index (χ3v) is 4.71. The van der Waals surface area contributed by atoms with E-state index in [1.807, 2.05) is 31.2 Å². The molecule has 0 heterocycles. The fraction of sp³-hybridized carbons (Fsp3) is 0.375. The van der Waals surface area contributed by atoms with Gasteiger partial charge in [0.05, 0.1) is 19.6 Å². The number of carbonyl (C=O) groups excluding carboxylic acids is 1. The fourth-order valence-corrected chi connectivity index (χ4v) is 3.26. The summed E-state index contributed by atoms with van der Waals surface area (Å²) in [5.41, 5.74) is 9.65. The van der Waals surface area contributed by atoms with Crippen molar-refractivity contribution in [2.75, 3.05) is 13.2 Å². The fourth-order valence-electron chi connectivity index (χ4n) is 3.26. The third-order valence-electron chi connectivity index (χ3n) is 4.71. The Hall–Kier alpha value is -2.66. The van der Waals surface area contributed by atoms with Crippen molar-refractivity contribution < 1.29 is 18.7 Å². The largest absolute Gasteiger partial charge is 0.493 e. The zero-order valence-corrected chi connectivity index (χ0v) is 17.5. The van der Waals surface area contributed by atoms with Gasteiger partial charge in [0.25, 0.3) is 0 Å². The van der Waals surface area contributed by atoms with Crippen LogP contribution in [0.4, 0.5) is 4.39 Å². The SMILES string of the molecule is C=CCCCOc1cccc(C)c1-c1cc(C)c(F)c([C@@H](N)CC(=O)OCC)c1. The van der Waals surface area contributed by atoms with E-state index in [-0.39, 0.29) is 13.0 Å². The number of esters is 1. The Morgan fingerprint density at radius 3 is 2.72 bits per heavy atom. The van der Waals surface area contributed by atoms with Crippen LogP contribution in [0.25, 0.3) is 11.1 Å². The summed E-state index contributed by atoms with van der Waals surface area (Å²) in [7, 11) is 0. The smallest absolute Gasteiger partial charge is 0.307 e. The van der Waals surface area contributed by atoms with E-state index in [1.165, 1.54) is 0 Å². The molecular formula is C24H30FNO3. The van der Waals surface area contributed by atoms with Crippen molar-refractivity contribution in [3.05, 3.63) is 65.5 Å². The van der Waals surface area contributed by atoms with Gasteiger partial charge in [-0.25, -0.2) is 4.39 Å². The molecule has 0 spiro atoms. The number of rotatable bonds is 10. The minimum Gasteiger partial charge on any atom is -0.493 e. The Bertz CT molecular complexity index is 863. The molecule has 0 amide bonds. The molecule has 0 saturated carbocycles. The lowest BCUT2D eigenvalue weighted by atomic mass is 9.92. The number of unbranched alkanes of at least 4 members (excludes halogenated alkanes) is 1.